The van der Waals surface area contributed by atoms with E-state index in [4.69, 9.17) is 4.52 Å². The Morgan fingerprint density at radius 3 is 3.06 bits per heavy atom. The summed E-state index contributed by atoms with van der Waals surface area (Å²) in [5, 5.41) is 7.88. The van der Waals surface area contributed by atoms with Crippen LogP contribution in [0.4, 0.5) is 10.6 Å². The summed E-state index contributed by atoms with van der Waals surface area (Å²) >= 11 is 1.46. The minimum atomic E-state index is -0.263. The average molecular weight is 249 g/mol. The van der Waals surface area contributed by atoms with E-state index in [2.05, 4.69) is 15.2 Å². The number of fused-ring (bicyclic) bond motifs is 1. The molecule has 2 N–H and O–H groups in total. The normalized spacial score (nSPS) is 14.8. The number of nitrogens with zero attached hydrogens (tertiary/aromatic N) is 1. The van der Waals surface area contributed by atoms with Crippen LogP contribution < -0.4 is 10.0 Å². The van der Waals surface area contributed by atoms with Crippen LogP contribution in [0.25, 0.3) is 11.0 Å². The van der Waals surface area contributed by atoms with Crippen LogP contribution in [0.1, 0.15) is 12.8 Å². The highest BCUT2D eigenvalue weighted by molar-refractivity contribution is 7.98. The van der Waals surface area contributed by atoms with Crippen molar-refractivity contribution in [2.75, 3.05) is 5.32 Å². The average Bonchev–Trinajstić information content (AvgIpc) is 3.10. The smallest absolute Gasteiger partial charge is 0.330 e. The molecule has 0 aliphatic heterocycles. The van der Waals surface area contributed by atoms with E-state index in [9.17, 15) is 4.79 Å². The highest BCUT2D eigenvalue weighted by atomic mass is 32.2. The number of rotatable bonds is 3. The largest absolute Gasteiger partial charge is 0.354 e. The van der Waals surface area contributed by atoms with Gasteiger partial charge in [0.15, 0.2) is 11.4 Å². The van der Waals surface area contributed by atoms with Gasteiger partial charge in [-0.25, -0.2) is 4.79 Å². The van der Waals surface area contributed by atoms with Gasteiger partial charge in [0.05, 0.1) is 5.39 Å². The molecule has 1 heterocycles. The zero-order valence-electron chi connectivity index (χ0n) is 8.97. The predicted octanol–water partition coefficient (Wildman–Crippen LogP) is 2.76. The second kappa shape index (κ2) is 4.29. The molecule has 0 atom stereocenters. The molecule has 1 aliphatic rings. The van der Waals surface area contributed by atoms with E-state index in [-0.39, 0.29) is 6.03 Å². The van der Waals surface area contributed by atoms with Crippen molar-refractivity contribution in [1.29, 1.82) is 0 Å². The number of aromatic nitrogens is 1. The molecule has 1 aliphatic carbocycles. The van der Waals surface area contributed by atoms with E-state index in [0.29, 0.717) is 16.7 Å². The molecule has 0 saturated heterocycles. The second-order valence-electron chi connectivity index (χ2n) is 3.90. The summed E-state index contributed by atoms with van der Waals surface area (Å²) in [5.41, 5.74) is 0.664. The molecule has 3 rings (SSSR count). The summed E-state index contributed by atoms with van der Waals surface area (Å²) in [5.74, 6) is 0.453. The standard InChI is InChI=1S/C11H11N3O2S/c15-11(14-17-7-5-6-7)12-10-8-3-1-2-4-9(8)16-13-10/h1-4,7H,5-6H2,(H2,12,13,14,15). The first-order chi connectivity index (χ1) is 8.33. The van der Waals surface area contributed by atoms with E-state index in [1.54, 1.807) is 0 Å². The van der Waals surface area contributed by atoms with Crippen LogP contribution >= 0.6 is 11.9 Å². The predicted molar refractivity (Wildman–Crippen MR) is 66.8 cm³/mol. The van der Waals surface area contributed by atoms with Gasteiger partial charge >= 0.3 is 6.03 Å². The fraction of sp³-hybridized carbons (Fsp3) is 0.273. The fourth-order valence-electron chi connectivity index (χ4n) is 1.43. The summed E-state index contributed by atoms with van der Waals surface area (Å²) in [6, 6.07) is 7.14. The van der Waals surface area contributed by atoms with Crippen molar-refractivity contribution in [3.8, 4) is 0 Å². The van der Waals surface area contributed by atoms with Gasteiger partial charge < -0.3 is 4.52 Å². The molecule has 5 nitrogen and oxygen atoms in total. The molecule has 1 fully saturated rings. The first-order valence-corrected chi connectivity index (χ1v) is 6.28. The Hall–Kier alpha value is -1.69. The van der Waals surface area contributed by atoms with Gasteiger partial charge in [-0.2, -0.15) is 0 Å². The molecule has 0 unspecified atom stereocenters. The molecule has 2 amide bonds. The van der Waals surface area contributed by atoms with Crippen molar-refractivity contribution in [3.63, 3.8) is 0 Å². The number of anilines is 1. The third-order valence-corrected chi connectivity index (χ3v) is 3.56. The van der Waals surface area contributed by atoms with Gasteiger partial charge in [-0.3, -0.25) is 10.0 Å². The molecule has 6 heteroatoms. The third kappa shape index (κ3) is 2.36. The topological polar surface area (TPSA) is 67.2 Å². The van der Waals surface area contributed by atoms with Crippen molar-refractivity contribution in [2.24, 2.45) is 0 Å². The van der Waals surface area contributed by atoms with Crippen LogP contribution in [0, 0.1) is 0 Å². The van der Waals surface area contributed by atoms with Crippen LogP contribution in [0.2, 0.25) is 0 Å². The Labute approximate surface area is 102 Å². The van der Waals surface area contributed by atoms with Crippen LogP contribution in [0.15, 0.2) is 28.8 Å². The number of nitrogens with one attached hydrogen (secondary N) is 2. The maximum atomic E-state index is 11.6. The lowest BCUT2D eigenvalue weighted by atomic mass is 10.2. The Bertz CT molecular complexity index is 550. The van der Waals surface area contributed by atoms with Gasteiger partial charge in [0, 0.05) is 5.25 Å². The Kier molecular flexibility index (Phi) is 2.64. The van der Waals surface area contributed by atoms with Gasteiger partial charge in [-0.1, -0.05) is 17.3 Å². The molecule has 17 heavy (non-hydrogen) atoms. The molecular weight excluding hydrogens is 238 g/mol. The third-order valence-electron chi connectivity index (χ3n) is 2.45. The number of carbonyl (C=O) groups is 1. The van der Waals surface area contributed by atoms with Gasteiger partial charge in [-0.05, 0) is 36.9 Å². The van der Waals surface area contributed by atoms with Crippen LogP contribution in [-0.2, 0) is 0 Å². The monoisotopic (exact) mass is 249 g/mol. The zero-order valence-corrected chi connectivity index (χ0v) is 9.79. The van der Waals surface area contributed by atoms with Gasteiger partial charge in [0.2, 0.25) is 0 Å². The Morgan fingerprint density at radius 1 is 1.41 bits per heavy atom. The number of hydrogen-bond donors (Lipinski definition) is 2. The van der Waals surface area contributed by atoms with E-state index in [1.807, 2.05) is 24.3 Å². The summed E-state index contributed by atoms with van der Waals surface area (Å²) in [6.45, 7) is 0. The lowest BCUT2D eigenvalue weighted by molar-refractivity contribution is 0.257. The highest BCUT2D eigenvalue weighted by Crippen LogP contribution is 2.31. The van der Waals surface area contributed by atoms with E-state index >= 15 is 0 Å². The number of hydrogen-bond acceptors (Lipinski definition) is 4. The second-order valence-corrected chi connectivity index (χ2v) is 5.01. The SMILES string of the molecule is O=C(NSC1CC1)Nc1noc2ccccc12. The maximum absolute atomic E-state index is 11.6. The van der Waals surface area contributed by atoms with Crippen LogP contribution in [0.5, 0.6) is 0 Å². The molecule has 88 valence electrons. The molecule has 1 aromatic carbocycles. The summed E-state index contributed by atoms with van der Waals surface area (Å²) < 4.78 is 7.82. The molecular formula is C11H11N3O2S. The van der Waals surface area contributed by atoms with Gasteiger partial charge in [0.1, 0.15) is 0 Å². The van der Waals surface area contributed by atoms with Crippen molar-refractivity contribution in [1.82, 2.24) is 9.88 Å². The maximum Gasteiger partial charge on any atom is 0.330 e. The van der Waals surface area contributed by atoms with Crippen LogP contribution in [0.3, 0.4) is 0 Å². The highest BCUT2D eigenvalue weighted by Gasteiger charge is 2.23. The number of carbonyl (C=O) groups excluding carboxylic acids is 1. The quantitative estimate of drug-likeness (QED) is 0.821. The van der Waals surface area contributed by atoms with Crippen molar-refractivity contribution < 1.29 is 9.32 Å². The summed E-state index contributed by atoms with van der Waals surface area (Å²) in [7, 11) is 0. The van der Waals surface area contributed by atoms with Gasteiger partial charge in [-0.15, -0.1) is 0 Å². The van der Waals surface area contributed by atoms with Crippen LogP contribution in [-0.4, -0.2) is 16.4 Å². The molecule has 0 spiro atoms. The minimum Gasteiger partial charge on any atom is -0.354 e. The molecule has 1 aromatic heterocycles. The number of benzene rings is 1. The first-order valence-electron chi connectivity index (χ1n) is 5.40. The first kappa shape index (κ1) is 10.5. The zero-order chi connectivity index (χ0) is 11.7. The number of amides is 2. The molecule has 0 bridgehead atoms. The summed E-state index contributed by atoms with van der Waals surface area (Å²) in [4.78, 5) is 11.6. The Balaban J connectivity index is 1.68. The fourth-order valence-corrected chi connectivity index (χ4v) is 2.13. The van der Waals surface area contributed by atoms with Gasteiger partial charge in [0.25, 0.3) is 0 Å². The molecule has 0 radical (unpaired) electrons. The van der Waals surface area contributed by atoms with Crippen molar-refractivity contribution in [3.05, 3.63) is 24.3 Å². The van der Waals surface area contributed by atoms with E-state index < -0.39 is 0 Å². The van der Waals surface area contributed by atoms with E-state index in [1.165, 1.54) is 24.8 Å². The van der Waals surface area contributed by atoms with Crippen molar-refractivity contribution in [2.45, 2.75) is 18.1 Å². The molecule has 2 aromatic rings. The summed E-state index contributed by atoms with van der Waals surface area (Å²) in [6.07, 6.45) is 2.36. The Morgan fingerprint density at radius 2 is 2.24 bits per heavy atom. The lowest BCUT2D eigenvalue weighted by Gasteiger charge is -2.02. The minimum absolute atomic E-state index is 0.263. The number of para-hydroxylation sites is 1. The molecule has 1 saturated carbocycles. The lowest BCUT2D eigenvalue weighted by Crippen LogP contribution is -2.23. The van der Waals surface area contributed by atoms with E-state index in [0.717, 1.165) is 5.39 Å². The number of urea groups is 1. The van der Waals surface area contributed by atoms with Crippen molar-refractivity contribution >= 4 is 34.8 Å².